The van der Waals surface area contributed by atoms with E-state index in [0.717, 1.165) is 4.47 Å². The van der Waals surface area contributed by atoms with Crippen molar-refractivity contribution in [2.75, 3.05) is 11.5 Å². The van der Waals surface area contributed by atoms with Crippen molar-refractivity contribution in [3.63, 3.8) is 0 Å². The Morgan fingerprint density at radius 2 is 2.10 bits per heavy atom. The van der Waals surface area contributed by atoms with Crippen molar-refractivity contribution in [2.45, 2.75) is 16.9 Å². The van der Waals surface area contributed by atoms with Crippen LogP contribution in [0.2, 0.25) is 0 Å². The number of sulfonamides is 1. The van der Waals surface area contributed by atoms with E-state index in [4.69, 9.17) is 0 Å². The van der Waals surface area contributed by atoms with Crippen molar-refractivity contribution < 1.29 is 18.3 Å². The van der Waals surface area contributed by atoms with Crippen molar-refractivity contribution in [1.29, 1.82) is 0 Å². The van der Waals surface area contributed by atoms with Gasteiger partial charge in [0.2, 0.25) is 10.0 Å². The Balaban J connectivity index is 2.38. The molecule has 1 unspecified atom stereocenters. The van der Waals surface area contributed by atoms with Gasteiger partial charge in [0.25, 0.3) is 0 Å². The fraction of sp³-hybridized carbons (Fsp3) is 0.364. The Labute approximate surface area is 137 Å². The molecule has 0 amide bonds. The van der Waals surface area contributed by atoms with E-state index in [9.17, 15) is 18.3 Å². The summed E-state index contributed by atoms with van der Waals surface area (Å²) in [7, 11) is -3.91. The Bertz CT molecular complexity index is 642. The number of hydrogen-bond acceptors (Lipinski definition) is 4. The third-order valence-electron chi connectivity index (χ3n) is 2.94. The molecule has 0 aromatic heterocycles. The van der Waals surface area contributed by atoms with Crippen molar-refractivity contribution in [3.8, 4) is 0 Å². The number of carbonyl (C=O) groups is 1. The summed E-state index contributed by atoms with van der Waals surface area (Å²) in [4.78, 5) is 11.4. The summed E-state index contributed by atoms with van der Waals surface area (Å²) in [5.74, 6) is -0.286. The number of carboxylic acids is 1. The summed E-state index contributed by atoms with van der Waals surface area (Å²) < 4.78 is 28.3. The standard InChI is InChI=1S/C11H11Br2NO4S2/c12-7-1-2-9(8(13)5-7)20(17,18)14-11(10(15)16)3-4-19-6-11/h1-2,5,14H,3-4,6H2,(H,15,16). The zero-order valence-electron chi connectivity index (χ0n) is 10.1. The average molecular weight is 445 g/mol. The quantitative estimate of drug-likeness (QED) is 0.745. The Hall–Kier alpha value is -0.0900. The largest absolute Gasteiger partial charge is 0.480 e. The molecular weight excluding hydrogens is 434 g/mol. The van der Waals surface area contributed by atoms with Crippen LogP contribution in [0.4, 0.5) is 0 Å². The van der Waals surface area contributed by atoms with Gasteiger partial charge in [-0.15, -0.1) is 0 Å². The number of hydrogen-bond donors (Lipinski definition) is 2. The number of rotatable bonds is 4. The van der Waals surface area contributed by atoms with Gasteiger partial charge in [-0.3, -0.25) is 4.79 Å². The highest BCUT2D eigenvalue weighted by Gasteiger charge is 2.45. The maximum Gasteiger partial charge on any atom is 0.325 e. The maximum absolute atomic E-state index is 12.4. The van der Waals surface area contributed by atoms with E-state index in [1.54, 1.807) is 12.1 Å². The molecule has 0 aliphatic carbocycles. The van der Waals surface area contributed by atoms with Crippen LogP contribution in [0, 0.1) is 0 Å². The predicted octanol–water partition coefficient (Wildman–Crippen LogP) is 2.45. The second-order valence-electron chi connectivity index (χ2n) is 4.37. The lowest BCUT2D eigenvalue weighted by Crippen LogP contribution is -2.54. The molecule has 2 N–H and O–H groups in total. The summed E-state index contributed by atoms with van der Waals surface area (Å²) >= 11 is 7.85. The van der Waals surface area contributed by atoms with Crippen LogP contribution in [0.5, 0.6) is 0 Å². The van der Waals surface area contributed by atoms with E-state index in [0.29, 0.717) is 10.2 Å². The fourth-order valence-electron chi connectivity index (χ4n) is 1.86. The highest BCUT2D eigenvalue weighted by atomic mass is 79.9. The first-order valence-electron chi connectivity index (χ1n) is 5.57. The molecule has 0 radical (unpaired) electrons. The summed E-state index contributed by atoms with van der Waals surface area (Å²) in [6.07, 6.45) is 0.278. The van der Waals surface area contributed by atoms with Crippen molar-refractivity contribution in [1.82, 2.24) is 4.72 Å². The number of nitrogens with one attached hydrogen (secondary N) is 1. The van der Waals surface area contributed by atoms with Gasteiger partial charge in [-0.2, -0.15) is 16.5 Å². The van der Waals surface area contributed by atoms with Crippen LogP contribution >= 0.6 is 43.6 Å². The number of carboxylic acid groups (broad SMARTS) is 1. The Morgan fingerprint density at radius 3 is 2.60 bits per heavy atom. The van der Waals surface area contributed by atoms with Gasteiger partial charge in [-0.25, -0.2) is 8.42 Å². The molecule has 0 saturated carbocycles. The third-order valence-corrected chi connectivity index (χ3v) is 7.14. The Kier molecular flexibility index (Phi) is 4.85. The zero-order valence-corrected chi connectivity index (χ0v) is 14.9. The molecule has 1 aliphatic heterocycles. The molecule has 1 aromatic rings. The number of halogens is 2. The normalized spacial score (nSPS) is 22.9. The highest BCUT2D eigenvalue weighted by Crippen LogP contribution is 2.32. The molecule has 20 heavy (non-hydrogen) atoms. The Morgan fingerprint density at radius 1 is 1.40 bits per heavy atom. The zero-order chi connectivity index (χ0) is 15.0. The molecule has 1 atom stereocenters. The van der Waals surface area contributed by atoms with Crippen LogP contribution in [0.1, 0.15) is 6.42 Å². The van der Waals surface area contributed by atoms with Crippen LogP contribution in [-0.4, -0.2) is 36.5 Å². The molecule has 1 heterocycles. The average Bonchev–Trinajstić information content (AvgIpc) is 2.77. The monoisotopic (exact) mass is 443 g/mol. The SMILES string of the molecule is O=C(O)C1(NS(=O)(=O)c2ccc(Br)cc2Br)CCSC1. The summed E-state index contributed by atoms with van der Waals surface area (Å²) in [6, 6.07) is 4.62. The third kappa shape index (κ3) is 3.22. The molecule has 1 saturated heterocycles. The van der Waals surface area contributed by atoms with Crippen LogP contribution in [-0.2, 0) is 14.8 Å². The summed E-state index contributed by atoms with van der Waals surface area (Å²) in [5, 5.41) is 9.33. The molecule has 5 nitrogen and oxygen atoms in total. The number of thioether (sulfide) groups is 1. The minimum absolute atomic E-state index is 0.0261. The topological polar surface area (TPSA) is 83.5 Å². The second-order valence-corrected chi connectivity index (χ2v) is 8.90. The summed E-state index contributed by atoms with van der Waals surface area (Å²) in [5.41, 5.74) is -1.42. The lowest BCUT2D eigenvalue weighted by atomic mass is 10.0. The van der Waals surface area contributed by atoms with Gasteiger partial charge in [0.05, 0.1) is 4.90 Å². The van der Waals surface area contributed by atoms with Gasteiger partial charge in [0.15, 0.2) is 0 Å². The van der Waals surface area contributed by atoms with E-state index in [1.807, 2.05) is 0 Å². The molecule has 0 bridgehead atoms. The number of benzene rings is 1. The van der Waals surface area contributed by atoms with Crippen LogP contribution in [0.3, 0.4) is 0 Å². The van der Waals surface area contributed by atoms with Crippen LogP contribution in [0.25, 0.3) is 0 Å². The molecular formula is C11H11Br2NO4S2. The highest BCUT2D eigenvalue weighted by molar-refractivity contribution is 9.11. The van der Waals surface area contributed by atoms with Gasteiger partial charge >= 0.3 is 5.97 Å². The molecule has 1 aliphatic rings. The van der Waals surface area contributed by atoms with E-state index in [1.165, 1.54) is 17.8 Å². The van der Waals surface area contributed by atoms with E-state index in [2.05, 4.69) is 36.6 Å². The van der Waals surface area contributed by atoms with Crippen molar-refractivity contribution >= 4 is 59.6 Å². The minimum Gasteiger partial charge on any atom is -0.480 e. The molecule has 2 rings (SSSR count). The first-order chi connectivity index (χ1) is 9.27. The molecule has 110 valence electrons. The second kappa shape index (κ2) is 5.96. The van der Waals surface area contributed by atoms with Gasteiger partial charge in [-0.1, -0.05) is 15.9 Å². The van der Waals surface area contributed by atoms with Gasteiger partial charge < -0.3 is 5.11 Å². The van der Waals surface area contributed by atoms with Crippen LogP contribution in [0.15, 0.2) is 32.0 Å². The predicted molar refractivity (Wildman–Crippen MR) is 84.5 cm³/mol. The fourth-order valence-corrected chi connectivity index (χ4v) is 6.42. The molecule has 1 fully saturated rings. The van der Waals surface area contributed by atoms with Crippen molar-refractivity contribution in [2.24, 2.45) is 0 Å². The number of aliphatic carboxylic acids is 1. The molecule has 0 spiro atoms. The lowest BCUT2D eigenvalue weighted by Gasteiger charge is -2.24. The molecule has 1 aromatic carbocycles. The molecule has 9 heteroatoms. The minimum atomic E-state index is -3.91. The first kappa shape index (κ1) is 16.3. The van der Waals surface area contributed by atoms with Gasteiger partial charge in [0.1, 0.15) is 5.54 Å². The van der Waals surface area contributed by atoms with E-state index < -0.39 is 21.5 Å². The van der Waals surface area contributed by atoms with E-state index in [-0.39, 0.29) is 17.1 Å². The summed E-state index contributed by atoms with van der Waals surface area (Å²) in [6.45, 7) is 0. The van der Waals surface area contributed by atoms with E-state index >= 15 is 0 Å². The van der Waals surface area contributed by atoms with Crippen LogP contribution < -0.4 is 4.72 Å². The van der Waals surface area contributed by atoms with Gasteiger partial charge in [-0.05, 0) is 46.3 Å². The van der Waals surface area contributed by atoms with Crippen molar-refractivity contribution in [3.05, 3.63) is 27.1 Å². The first-order valence-corrected chi connectivity index (χ1v) is 9.79. The van der Waals surface area contributed by atoms with Gasteiger partial charge in [0, 0.05) is 14.7 Å². The smallest absolute Gasteiger partial charge is 0.325 e. The lowest BCUT2D eigenvalue weighted by molar-refractivity contribution is -0.142. The maximum atomic E-state index is 12.4.